The number of nitrogens with one attached hydrogen (secondary N) is 1. The summed E-state index contributed by atoms with van der Waals surface area (Å²) in [6.45, 7) is 3.67. The normalized spacial score (nSPS) is 11.9. The van der Waals surface area contributed by atoms with Gasteiger partial charge < -0.3 is 10.1 Å². The summed E-state index contributed by atoms with van der Waals surface area (Å²) >= 11 is 0. The Labute approximate surface area is 192 Å². The summed E-state index contributed by atoms with van der Waals surface area (Å²) in [6.07, 6.45) is 0.114. The first-order valence-corrected chi connectivity index (χ1v) is 10.4. The molecular formula is C24H19F3N4O3. The number of hydrogen-bond acceptors (Lipinski definition) is 5. The fourth-order valence-electron chi connectivity index (χ4n) is 3.34. The number of esters is 1. The Kier molecular flexibility index (Phi) is 6.31. The van der Waals surface area contributed by atoms with Gasteiger partial charge in [0.2, 0.25) is 0 Å². The van der Waals surface area contributed by atoms with Crippen LogP contribution in [0.2, 0.25) is 0 Å². The minimum Gasteiger partial charge on any atom is -0.449 e. The van der Waals surface area contributed by atoms with E-state index in [0.29, 0.717) is 29.3 Å². The molecule has 0 radical (unpaired) electrons. The number of anilines is 1. The number of nitrogens with zero attached hydrogens (tertiary/aromatic N) is 3. The molecule has 0 saturated heterocycles. The molecule has 0 bridgehead atoms. The van der Waals surface area contributed by atoms with Crippen LogP contribution in [0.25, 0.3) is 22.3 Å². The Morgan fingerprint density at radius 2 is 1.82 bits per heavy atom. The van der Waals surface area contributed by atoms with Gasteiger partial charge in [-0.3, -0.25) is 4.79 Å². The number of rotatable bonds is 6. The van der Waals surface area contributed by atoms with E-state index < -0.39 is 41.1 Å². The Morgan fingerprint density at radius 1 is 1.09 bits per heavy atom. The molecule has 0 aliphatic carbocycles. The smallest absolute Gasteiger partial charge is 0.339 e. The summed E-state index contributed by atoms with van der Waals surface area (Å²) in [6, 6.07) is 12.3. The number of carbonyl (C=O) groups is 2. The van der Waals surface area contributed by atoms with Crippen LogP contribution in [0.5, 0.6) is 0 Å². The highest BCUT2D eigenvalue weighted by Gasteiger charge is 2.24. The van der Waals surface area contributed by atoms with Gasteiger partial charge in [0.15, 0.2) is 29.2 Å². The maximum absolute atomic E-state index is 13.9. The number of amides is 1. The summed E-state index contributed by atoms with van der Waals surface area (Å²) in [4.78, 5) is 30.1. The summed E-state index contributed by atoms with van der Waals surface area (Å²) in [5.41, 5.74) is 1.31. The first-order valence-electron chi connectivity index (χ1n) is 10.4. The Balaban J connectivity index is 1.62. The summed E-state index contributed by atoms with van der Waals surface area (Å²) in [5, 5.41) is 6.78. The van der Waals surface area contributed by atoms with Gasteiger partial charge in [-0.1, -0.05) is 30.3 Å². The van der Waals surface area contributed by atoms with Gasteiger partial charge in [0.1, 0.15) is 0 Å². The van der Waals surface area contributed by atoms with Crippen LogP contribution in [0.15, 0.2) is 54.7 Å². The predicted molar refractivity (Wildman–Crippen MR) is 118 cm³/mol. The fraction of sp³-hybridized carbons (Fsp3) is 0.167. The molecule has 1 atom stereocenters. The van der Waals surface area contributed by atoms with E-state index in [1.807, 2.05) is 37.3 Å². The minimum absolute atomic E-state index is 0.141. The van der Waals surface area contributed by atoms with Gasteiger partial charge in [0.25, 0.3) is 5.91 Å². The van der Waals surface area contributed by atoms with Crippen molar-refractivity contribution in [1.29, 1.82) is 0 Å². The fourth-order valence-corrected chi connectivity index (χ4v) is 3.34. The molecule has 2 aromatic heterocycles. The van der Waals surface area contributed by atoms with Crippen molar-refractivity contribution >= 4 is 28.6 Å². The van der Waals surface area contributed by atoms with Gasteiger partial charge in [-0.15, -0.1) is 0 Å². The third kappa shape index (κ3) is 4.34. The number of aromatic nitrogens is 3. The molecule has 7 nitrogen and oxygen atoms in total. The molecule has 0 fully saturated rings. The third-order valence-electron chi connectivity index (χ3n) is 5.14. The molecule has 4 aromatic rings. The Bertz CT molecular complexity index is 1390. The van der Waals surface area contributed by atoms with Gasteiger partial charge in [-0.2, -0.15) is 5.10 Å². The van der Waals surface area contributed by atoms with Gasteiger partial charge in [0.05, 0.1) is 28.5 Å². The maximum atomic E-state index is 13.9. The second-order valence-corrected chi connectivity index (χ2v) is 7.38. The van der Waals surface area contributed by atoms with E-state index in [0.717, 1.165) is 11.6 Å². The van der Waals surface area contributed by atoms with Crippen LogP contribution in [-0.4, -0.2) is 32.7 Å². The number of ether oxygens (including phenoxy) is 1. The van der Waals surface area contributed by atoms with Crippen LogP contribution in [0.3, 0.4) is 0 Å². The molecule has 174 valence electrons. The molecule has 34 heavy (non-hydrogen) atoms. The van der Waals surface area contributed by atoms with E-state index >= 15 is 0 Å². The molecule has 2 aromatic carbocycles. The predicted octanol–water partition coefficient (Wildman–Crippen LogP) is 4.72. The van der Waals surface area contributed by atoms with Crippen LogP contribution < -0.4 is 5.32 Å². The first kappa shape index (κ1) is 23.0. The van der Waals surface area contributed by atoms with Crippen molar-refractivity contribution in [3.05, 3.63) is 77.7 Å². The molecule has 1 N–H and O–H groups in total. The number of fused-ring (bicyclic) bond motifs is 1. The lowest BCUT2D eigenvalue weighted by atomic mass is 10.1. The first-order chi connectivity index (χ1) is 16.3. The lowest BCUT2D eigenvalue weighted by molar-refractivity contribution is -0.123. The standard InChI is InChI=1S/C24H19F3N4O3/c1-3-31-22-16(12-28-31)15(11-19(29-22)14-7-5-4-6-8-14)24(33)34-13(2)23(32)30-18-10-9-17(25)20(26)21(18)27/h4-13H,3H2,1-2H3,(H,30,32). The highest BCUT2D eigenvalue weighted by Crippen LogP contribution is 2.26. The quantitative estimate of drug-likeness (QED) is 0.327. The maximum Gasteiger partial charge on any atom is 0.339 e. The molecule has 0 saturated carbocycles. The monoisotopic (exact) mass is 468 g/mol. The number of pyridine rings is 1. The van der Waals surface area contributed by atoms with E-state index in [2.05, 4.69) is 15.4 Å². The van der Waals surface area contributed by atoms with Crippen molar-refractivity contribution in [2.24, 2.45) is 0 Å². The molecule has 10 heteroatoms. The van der Waals surface area contributed by atoms with Crippen LogP contribution in [0.4, 0.5) is 18.9 Å². The van der Waals surface area contributed by atoms with Crippen molar-refractivity contribution in [2.45, 2.75) is 26.5 Å². The zero-order valence-corrected chi connectivity index (χ0v) is 18.2. The average Bonchev–Trinajstić information content (AvgIpc) is 3.27. The Hall–Kier alpha value is -4.21. The largest absolute Gasteiger partial charge is 0.449 e. The van der Waals surface area contributed by atoms with Crippen LogP contribution in [0.1, 0.15) is 24.2 Å². The summed E-state index contributed by atoms with van der Waals surface area (Å²) < 4.78 is 47.3. The van der Waals surface area contributed by atoms with Crippen molar-refractivity contribution < 1.29 is 27.5 Å². The molecule has 1 unspecified atom stereocenters. The van der Waals surface area contributed by atoms with E-state index in [1.165, 1.54) is 13.1 Å². The minimum atomic E-state index is -1.72. The van der Waals surface area contributed by atoms with Gasteiger partial charge >= 0.3 is 5.97 Å². The zero-order chi connectivity index (χ0) is 24.4. The van der Waals surface area contributed by atoms with Gasteiger partial charge in [0, 0.05) is 12.1 Å². The van der Waals surface area contributed by atoms with Crippen LogP contribution in [-0.2, 0) is 16.1 Å². The second-order valence-electron chi connectivity index (χ2n) is 7.38. The molecule has 0 spiro atoms. The van der Waals surface area contributed by atoms with Crippen molar-refractivity contribution in [1.82, 2.24) is 14.8 Å². The topological polar surface area (TPSA) is 86.1 Å². The molecule has 0 aliphatic heterocycles. The second kappa shape index (κ2) is 9.34. The van der Waals surface area contributed by atoms with E-state index in [-0.39, 0.29) is 5.56 Å². The number of hydrogen-bond donors (Lipinski definition) is 1. The van der Waals surface area contributed by atoms with Gasteiger partial charge in [-0.05, 0) is 32.0 Å². The van der Waals surface area contributed by atoms with E-state index in [9.17, 15) is 22.8 Å². The average molecular weight is 468 g/mol. The molecule has 1 amide bonds. The van der Waals surface area contributed by atoms with Crippen LogP contribution in [0, 0.1) is 17.5 Å². The molecular weight excluding hydrogens is 449 g/mol. The SMILES string of the molecule is CCn1ncc2c(C(=O)OC(C)C(=O)Nc3ccc(F)c(F)c3F)cc(-c3ccccc3)nc21. The Morgan fingerprint density at radius 3 is 2.53 bits per heavy atom. The van der Waals surface area contributed by atoms with Crippen molar-refractivity contribution in [3.8, 4) is 11.3 Å². The molecule has 4 rings (SSSR count). The lowest BCUT2D eigenvalue weighted by Gasteiger charge is -2.15. The number of halogens is 3. The van der Waals surface area contributed by atoms with E-state index in [4.69, 9.17) is 4.74 Å². The third-order valence-corrected chi connectivity index (χ3v) is 5.14. The number of aryl methyl sites for hydroxylation is 1. The van der Waals surface area contributed by atoms with Crippen LogP contribution >= 0.6 is 0 Å². The molecule has 0 aliphatic rings. The lowest BCUT2D eigenvalue weighted by Crippen LogP contribution is -2.30. The van der Waals surface area contributed by atoms with Gasteiger partial charge in [-0.25, -0.2) is 27.6 Å². The summed E-state index contributed by atoms with van der Waals surface area (Å²) in [5.74, 6) is -6.41. The highest BCUT2D eigenvalue weighted by molar-refractivity contribution is 6.05. The number of benzene rings is 2. The highest BCUT2D eigenvalue weighted by atomic mass is 19.2. The zero-order valence-electron chi connectivity index (χ0n) is 18.2. The van der Waals surface area contributed by atoms with Crippen molar-refractivity contribution in [3.63, 3.8) is 0 Å². The van der Waals surface area contributed by atoms with Crippen molar-refractivity contribution in [2.75, 3.05) is 5.32 Å². The summed E-state index contributed by atoms with van der Waals surface area (Å²) in [7, 11) is 0. The van der Waals surface area contributed by atoms with E-state index in [1.54, 1.807) is 10.7 Å². The number of carbonyl (C=O) groups excluding carboxylic acids is 2. The molecule has 2 heterocycles.